The van der Waals surface area contributed by atoms with Crippen molar-refractivity contribution >= 4 is 0 Å². The van der Waals surface area contributed by atoms with Gasteiger partial charge in [0.25, 0.3) is 0 Å². The first-order chi connectivity index (χ1) is 9.13. The van der Waals surface area contributed by atoms with Gasteiger partial charge in [0.2, 0.25) is 0 Å². The highest BCUT2D eigenvalue weighted by Gasteiger charge is 2.42. The fourth-order valence-corrected chi connectivity index (χ4v) is 1.90. The molecular weight excluding hydrogens is 248 g/mol. The van der Waals surface area contributed by atoms with E-state index >= 15 is 0 Å². The molecule has 0 unspecified atom stereocenters. The molecule has 5 heteroatoms. The third-order valence-electron chi connectivity index (χ3n) is 3.02. The van der Waals surface area contributed by atoms with Gasteiger partial charge in [0.1, 0.15) is 30.5 Å². The van der Waals surface area contributed by atoms with Gasteiger partial charge in [-0.2, -0.15) is 0 Å². The standard InChI is InChI=1S/C14H16O5/c15-8-11-13(17)14(18)12(16)10(19-11)7-6-9-4-2-1-3-5-9/h1-5,10-18H,8H2/t10-,11+,12-,13+,14+/m0/s1. The molecule has 2 rings (SSSR count). The highest BCUT2D eigenvalue weighted by Crippen LogP contribution is 2.20. The monoisotopic (exact) mass is 264 g/mol. The first-order valence-electron chi connectivity index (χ1n) is 6.00. The fourth-order valence-electron chi connectivity index (χ4n) is 1.90. The van der Waals surface area contributed by atoms with Crippen molar-refractivity contribution in [2.24, 2.45) is 0 Å². The Morgan fingerprint density at radius 2 is 1.68 bits per heavy atom. The molecule has 4 N–H and O–H groups in total. The van der Waals surface area contributed by atoms with E-state index in [4.69, 9.17) is 9.84 Å². The first-order valence-corrected chi connectivity index (χ1v) is 6.00. The highest BCUT2D eigenvalue weighted by atomic mass is 16.5. The van der Waals surface area contributed by atoms with Gasteiger partial charge in [-0.3, -0.25) is 0 Å². The minimum Gasteiger partial charge on any atom is -0.394 e. The van der Waals surface area contributed by atoms with Crippen LogP contribution in [0, 0.1) is 11.8 Å². The van der Waals surface area contributed by atoms with E-state index in [1.165, 1.54) is 0 Å². The van der Waals surface area contributed by atoms with Crippen molar-refractivity contribution < 1.29 is 25.2 Å². The molecule has 19 heavy (non-hydrogen) atoms. The van der Waals surface area contributed by atoms with Crippen molar-refractivity contribution in [3.63, 3.8) is 0 Å². The van der Waals surface area contributed by atoms with Crippen molar-refractivity contribution in [2.75, 3.05) is 6.61 Å². The Hall–Kier alpha value is -1.42. The van der Waals surface area contributed by atoms with Crippen LogP contribution >= 0.6 is 0 Å². The Bertz CT molecular complexity index is 462. The maximum atomic E-state index is 9.78. The number of benzene rings is 1. The lowest BCUT2D eigenvalue weighted by Crippen LogP contribution is -2.58. The van der Waals surface area contributed by atoms with Gasteiger partial charge >= 0.3 is 0 Å². The first kappa shape index (κ1) is 14.0. The molecule has 1 fully saturated rings. The van der Waals surface area contributed by atoms with E-state index in [0.717, 1.165) is 5.56 Å². The predicted molar refractivity (Wildman–Crippen MR) is 67.1 cm³/mol. The van der Waals surface area contributed by atoms with Gasteiger partial charge in [0.05, 0.1) is 6.61 Å². The molecule has 5 atom stereocenters. The minimum absolute atomic E-state index is 0.450. The van der Waals surface area contributed by atoms with Crippen molar-refractivity contribution in [1.82, 2.24) is 0 Å². The van der Waals surface area contributed by atoms with E-state index in [0.29, 0.717) is 0 Å². The molecule has 1 aliphatic heterocycles. The molecule has 102 valence electrons. The molecule has 0 spiro atoms. The van der Waals surface area contributed by atoms with Crippen molar-refractivity contribution in [3.05, 3.63) is 35.9 Å². The largest absolute Gasteiger partial charge is 0.394 e. The molecule has 0 amide bonds. The van der Waals surface area contributed by atoms with E-state index in [1.54, 1.807) is 12.1 Å². The number of aliphatic hydroxyl groups excluding tert-OH is 4. The van der Waals surface area contributed by atoms with Crippen LogP contribution in [0.4, 0.5) is 0 Å². The zero-order valence-corrected chi connectivity index (χ0v) is 10.2. The summed E-state index contributed by atoms with van der Waals surface area (Å²) < 4.78 is 5.27. The van der Waals surface area contributed by atoms with Gasteiger partial charge < -0.3 is 25.2 Å². The second kappa shape index (κ2) is 6.15. The summed E-state index contributed by atoms with van der Waals surface area (Å²) in [6, 6.07) is 9.13. The molecule has 1 aliphatic rings. The molecular formula is C14H16O5. The zero-order chi connectivity index (χ0) is 13.8. The molecule has 1 aromatic carbocycles. The van der Waals surface area contributed by atoms with Crippen LogP contribution in [0.3, 0.4) is 0 Å². The minimum atomic E-state index is -1.39. The summed E-state index contributed by atoms with van der Waals surface area (Å²) in [6.45, 7) is -0.450. The van der Waals surface area contributed by atoms with Crippen LogP contribution in [0.1, 0.15) is 5.56 Å². The molecule has 1 heterocycles. The maximum Gasteiger partial charge on any atom is 0.147 e. The summed E-state index contributed by atoms with van der Waals surface area (Å²) in [5.41, 5.74) is 0.750. The van der Waals surface area contributed by atoms with E-state index in [2.05, 4.69) is 11.8 Å². The Balaban J connectivity index is 2.14. The molecule has 1 saturated heterocycles. The van der Waals surface area contributed by atoms with Gasteiger partial charge in [-0.15, -0.1) is 0 Å². The summed E-state index contributed by atoms with van der Waals surface area (Å²) in [5.74, 6) is 5.51. The summed E-state index contributed by atoms with van der Waals surface area (Å²) >= 11 is 0. The van der Waals surface area contributed by atoms with Gasteiger partial charge in [-0.05, 0) is 12.1 Å². The Labute approximate surface area is 111 Å². The Morgan fingerprint density at radius 3 is 2.32 bits per heavy atom. The number of hydrogen-bond acceptors (Lipinski definition) is 5. The number of ether oxygens (including phenoxy) is 1. The average Bonchev–Trinajstić information content (AvgIpc) is 2.45. The van der Waals surface area contributed by atoms with Crippen LogP contribution < -0.4 is 0 Å². The van der Waals surface area contributed by atoms with E-state index in [1.807, 2.05) is 18.2 Å². The summed E-state index contributed by atoms with van der Waals surface area (Å²) in [5, 5.41) is 38.0. The van der Waals surface area contributed by atoms with Crippen LogP contribution in [0.15, 0.2) is 30.3 Å². The third kappa shape index (κ3) is 3.13. The van der Waals surface area contributed by atoms with Gasteiger partial charge in [-0.25, -0.2) is 0 Å². The van der Waals surface area contributed by atoms with E-state index in [9.17, 15) is 15.3 Å². The van der Waals surface area contributed by atoms with E-state index in [-0.39, 0.29) is 0 Å². The molecule has 0 aliphatic carbocycles. The molecule has 1 aromatic rings. The average molecular weight is 264 g/mol. The van der Waals surface area contributed by atoms with E-state index < -0.39 is 37.1 Å². The molecule has 5 nitrogen and oxygen atoms in total. The van der Waals surface area contributed by atoms with Crippen LogP contribution in [0.2, 0.25) is 0 Å². The normalized spacial score (nSPS) is 34.4. The predicted octanol–water partition coefficient (Wildman–Crippen LogP) is -1.12. The lowest BCUT2D eigenvalue weighted by atomic mass is 9.95. The molecule has 0 saturated carbocycles. The lowest BCUT2D eigenvalue weighted by molar-refractivity contribution is -0.214. The number of hydrogen-bond donors (Lipinski definition) is 4. The van der Waals surface area contributed by atoms with Crippen LogP contribution in [-0.2, 0) is 4.74 Å². The van der Waals surface area contributed by atoms with Crippen molar-refractivity contribution in [1.29, 1.82) is 0 Å². The summed E-state index contributed by atoms with van der Waals surface area (Å²) in [7, 11) is 0. The fraction of sp³-hybridized carbons (Fsp3) is 0.429. The second-order valence-corrected chi connectivity index (χ2v) is 4.38. The van der Waals surface area contributed by atoms with Gasteiger partial charge in [0, 0.05) is 5.56 Å². The zero-order valence-electron chi connectivity index (χ0n) is 10.2. The van der Waals surface area contributed by atoms with Crippen molar-refractivity contribution in [2.45, 2.75) is 30.5 Å². The number of rotatable bonds is 1. The van der Waals surface area contributed by atoms with Crippen LogP contribution in [0.5, 0.6) is 0 Å². The summed E-state index contributed by atoms with van der Waals surface area (Å²) in [6.07, 6.45) is -5.92. The van der Waals surface area contributed by atoms with Crippen LogP contribution in [0.25, 0.3) is 0 Å². The molecule has 0 aromatic heterocycles. The summed E-state index contributed by atoms with van der Waals surface area (Å²) in [4.78, 5) is 0. The lowest BCUT2D eigenvalue weighted by Gasteiger charge is -2.37. The maximum absolute atomic E-state index is 9.78. The molecule has 0 bridgehead atoms. The topological polar surface area (TPSA) is 90.2 Å². The smallest absolute Gasteiger partial charge is 0.147 e. The second-order valence-electron chi connectivity index (χ2n) is 4.38. The van der Waals surface area contributed by atoms with Crippen LogP contribution in [-0.4, -0.2) is 57.6 Å². The van der Waals surface area contributed by atoms with Gasteiger partial charge in [-0.1, -0.05) is 30.0 Å². The number of aliphatic hydroxyl groups is 4. The Morgan fingerprint density at radius 1 is 1.00 bits per heavy atom. The Kier molecular flexibility index (Phi) is 4.53. The SMILES string of the molecule is OC[C@H]1O[C@@H](C#Cc2ccccc2)[C@H](O)[C@@H](O)[C@@H]1O. The van der Waals surface area contributed by atoms with Gasteiger partial charge in [0.15, 0.2) is 0 Å². The third-order valence-corrected chi connectivity index (χ3v) is 3.02. The highest BCUT2D eigenvalue weighted by molar-refractivity contribution is 5.35. The molecule has 0 radical (unpaired) electrons. The quantitative estimate of drug-likeness (QED) is 0.482. The van der Waals surface area contributed by atoms with Crippen molar-refractivity contribution in [3.8, 4) is 11.8 Å².